The van der Waals surface area contributed by atoms with Crippen LogP contribution in [0.25, 0.3) is 0 Å². The molecule has 0 aromatic heterocycles. The van der Waals surface area contributed by atoms with E-state index in [1.807, 2.05) is 36.4 Å². The van der Waals surface area contributed by atoms with Gasteiger partial charge in [-0.1, -0.05) is 18.2 Å². The molecule has 50 valence electrons. The number of para-hydroxylation sites is 1. The fourth-order valence-corrected chi connectivity index (χ4v) is 0.632. The third-order valence-electron chi connectivity index (χ3n) is 1.05. The normalized spacial score (nSPS) is 8.30. The van der Waals surface area contributed by atoms with E-state index in [0.29, 0.717) is 0 Å². The highest BCUT2D eigenvalue weighted by Gasteiger charge is 1.86. The Kier molecular flexibility index (Phi) is 2.33. The van der Waals surface area contributed by atoms with E-state index in [0.717, 1.165) is 5.75 Å². The lowest BCUT2D eigenvalue weighted by Gasteiger charge is -1.97. The van der Waals surface area contributed by atoms with Crippen molar-refractivity contribution >= 4 is 0 Å². The molecule has 0 saturated heterocycles. The standard InChI is InChI=1S/C8H7NO/c9-6-7-10-8-4-2-1-3-5-8/h1-5H,7H2/i6+1. The Morgan fingerprint density at radius 1 is 1.30 bits per heavy atom. The summed E-state index contributed by atoms with van der Waals surface area (Å²) in [6.45, 7) is 0.115. The van der Waals surface area contributed by atoms with Gasteiger partial charge in [0.25, 0.3) is 0 Å². The topological polar surface area (TPSA) is 33.0 Å². The fraction of sp³-hybridized carbons (Fsp3) is 0.125. The zero-order valence-electron chi connectivity index (χ0n) is 5.45. The molecule has 0 unspecified atom stereocenters. The lowest BCUT2D eigenvalue weighted by molar-refractivity contribution is 0.368. The average Bonchev–Trinajstić information content (AvgIpc) is 2.03. The van der Waals surface area contributed by atoms with Crippen molar-refractivity contribution in [2.24, 2.45) is 0 Å². The van der Waals surface area contributed by atoms with Crippen LogP contribution in [-0.4, -0.2) is 6.61 Å². The highest BCUT2D eigenvalue weighted by atomic mass is 16.5. The Bertz CT molecular complexity index is 225. The first-order valence-corrected chi connectivity index (χ1v) is 2.98. The Morgan fingerprint density at radius 2 is 2.00 bits per heavy atom. The third-order valence-corrected chi connectivity index (χ3v) is 1.05. The van der Waals surface area contributed by atoms with Crippen molar-refractivity contribution in [1.82, 2.24) is 0 Å². The summed E-state index contributed by atoms with van der Waals surface area (Å²) in [6.07, 6.45) is 0. The van der Waals surface area contributed by atoms with Crippen LogP contribution in [0.15, 0.2) is 30.3 Å². The van der Waals surface area contributed by atoms with Crippen LogP contribution in [0.3, 0.4) is 0 Å². The molecule has 1 rings (SSSR count). The summed E-state index contributed by atoms with van der Waals surface area (Å²) >= 11 is 0. The van der Waals surface area contributed by atoms with E-state index in [9.17, 15) is 0 Å². The number of hydrogen-bond acceptors (Lipinski definition) is 2. The molecule has 0 aliphatic heterocycles. The summed E-state index contributed by atoms with van der Waals surface area (Å²) in [7, 11) is 0. The largest absolute Gasteiger partial charge is 0.479 e. The van der Waals surface area contributed by atoms with Gasteiger partial charge in [-0.05, 0) is 12.1 Å². The molecule has 2 nitrogen and oxygen atoms in total. The molecule has 0 aliphatic carbocycles. The first kappa shape index (κ1) is 6.63. The maximum atomic E-state index is 8.15. The highest BCUT2D eigenvalue weighted by Crippen LogP contribution is 2.06. The number of ether oxygens (including phenoxy) is 1. The second-order valence-electron chi connectivity index (χ2n) is 1.76. The minimum absolute atomic E-state index is 0.115. The zero-order valence-corrected chi connectivity index (χ0v) is 5.45. The molecule has 0 bridgehead atoms. The van der Waals surface area contributed by atoms with E-state index >= 15 is 0 Å². The predicted octanol–water partition coefficient (Wildman–Crippen LogP) is 1.59. The van der Waals surface area contributed by atoms with Gasteiger partial charge in [0.05, 0.1) is 0 Å². The average molecular weight is 134 g/mol. The molecule has 0 amide bonds. The summed E-state index contributed by atoms with van der Waals surface area (Å²) in [5.74, 6) is 0.740. The highest BCUT2D eigenvalue weighted by molar-refractivity contribution is 5.21. The summed E-state index contributed by atoms with van der Waals surface area (Å²) in [5, 5.41) is 8.15. The molecule has 0 heterocycles. The number of hydrogen-bond donors (Lipinski definition) is 0. The number of nitrogens with zero attached hydrogens (tertiary/aromatic N) is 1. The lowest BCUT2D eigenvalue weighted by Crippen LogP contribution is -1.91. The fourth-order valence-electron chi connectivity index (χ4n) is 0.632. The van der Waals surface area contributed by atoms with Gasteiger partial charge >= 0.3 is 0 Å². The second-order valence-corrected chi connectivity index (χ2v) is 1.76. The van der Waals surface area contributed by atoms with Crippen LogP contribution < -0.4 is 4.74 Å². The first-order valence-electron chi connectivity index (χ1n) is 2.98. The Morgan fingerprint density at radius 3 is 2.60 bits per heavy atom. The van der Waals surface area contributed by atoms with Gasteiger partial charge < -0.3 is 4.74 Å². The minimum Gasteiger partial charge on any atom is -0.479 e. The third kappa shape index (κ3) is 1.79. The van der Waals surface area contributed by atoms with E-state index in [1.54, 1.807) is 0 Å². The van der Waals surface area contributed by atoms with E-state index in [2.05, 4.69) is 0 Å². The van der Waals surface area contributed by atoms with Crippen molar-refractivity contribution < 1.29 is 4.74 Å². The van der Waals surface area contributed by atoms with Crippen LogP contribution in [0.4, 0.5) is 0 Å². The predicted molar refractivity (Wildman–Crippen MR) is 37.6 cm³/mol. The molecular weight excluding hydrogens is 127 g/mol. The number of nitriles is 1. The Balaban J connectivity index is 2.52. The molecule has 0 spiro atoms. The molecule has 0 N–H and O–H groups in total. The van der Waals surface area contributed by atoms with Crippen molar-refractivity contribution in [3.8, 4) is 11.8 Å². The summed E-state index contributed by atoms with van der Waals surface area (Å²) in [6, 6.07) is 11.2. The lowest BCUT2D eigenvalue weighted by atomic mass is 10.3. The van der Waals surface area contributed by atoms with Gasteiger partial charge in [0.1, 0.15) is 11.8 Å². The van der Waals surface area contributed by atoms with Gasteiger partial charge in [0.2, 0.25) is 0 Å². The van der Waals surface area contributed by atoms with E-state index in [-0.39, 0.29) is 6.61 Å². The molecule has 0 aliphatic rings. The summed E-state index contributed by atoms with van der Waals surface area (Å²) < 4.78 is 4.99. The van der Waals surface area contributed by atoms with Crippen LogP contribution in [0.1, 0.15) is 0 Å². The molecule has 2 heteroatoms. The van der Waals surface area contributed by atoms with Crippen LogP contribution in [-0.2, 0) is 0 Å². The van der Waals surface area contributed by atoms with Crippen LogP contribution in [0.5, 0.6) is 5.75 Å². The molecule has 1 aromatic carbocycles. The second kappa shape index (κ2) is 3.52. The zero-order chi connectivity index (χ0) is 7.23. The van der Waals surface area contributed by atoms with Crippen LogP contribution >= 0.6 is 0 Å². The van der Waals surface area contributed by atoms with E-state index in [4.69, 9.17) is 10.00 Å². The molecule has 1 aromatic rings. The van der Waals surface area contributed by atoms with Gasteiger partial charge in [-0.15, -0.1) is 0 Å². The maximum Gasteiger partial charge on any atom is 0.174 e. The number of rotatable bonds is 2. The monoisotopic (exact) mass is 134 g/mol. The van der Waals surface area contributed by atoms with Crippen molar-refractivity contribution in [3.63, 3.8) is 0 Å². The van der Waals surface area contributed by atoms with Gasteiger partial charge in [-0.25, -0.2) is 0 Å². The van der Waals surface area contributed by atoms with Crippen molar-refractivity contribution in [1.29, 1.82) is 5.26 Å². The Hall–Kier alpha value is -1.49. The Labute approximate surface area is 59.7 Å². The summed E-state index contributed by atoms with van der Waals surface area (Å²) in [5.41, 5.74) is 0. The number of benzene rings is 1. The maximum absolute atomic E-state index is 8.15. The van der Waals surface area contributed by atoms with Crippen LogP contribution in [0, 0.1) is 11.3 Å². The first-order chi connectivity index (χ1) is 4.93. The van der Waals surface area contributed by atoms with Gasteiger partial charge in [0.15, 0.2) is 6.61 Å². The van der Waals surface area contributed by atoms with E-state index in [1.165, 1.54) is 0 Å². The molecule has 0 fully saturated rings. The van der Waals surface area contributed by atoms with E-state index < -0.39 is 0 Å². The molecule has 0 radical (unpaired) electrons. The minimum atomic E-state index is 0.115. The van der Waals surface area contributed by atoms with Crippen molar-refractivity contribution in [2.45, 2.75) is 0 Å². The van der Waals surface area contributed by atoms with Crippen molar-refractivity contribution in [2.75, 3.05) is 6.61 Å². The van der Waals surface area contributed by atoms with Gasteiger partial charge in [0, 0.05) is 0 Å². The van der Waals surface area contributed by atoms with Crippen molar-refractivity contribution in [3.05, 3.63) is 30.3 Å². The van der Waals surface area contributed by atoms with Gasteiger partial charge in [-0.3, -0.25) is 0 Å². The quantitative estimate of drug-likeness (QED) is 0.575. The molecule has 0 saturated carbocycles. The molecular formula is C8H7NO. The SMILES string of the molecule is N#[13C]COc1ccccc1. The molecule has 0 atom stereocenters. The van der Waals surface area contributed by atoms with Crippen LogP contribution in [0.2, 0.25) is 0 Å². The molecule has 10 heavy (non-hydrogen) atoms. The van der Waals surface area contributed by atoms with Gasteiger partial charge in [-0.2, -0.15) is 5.26 Å². The summed E-state index contributed by atoms with van der Waals surface area (Å²) in [4.78, 5) is 0. The smallest absolute Gasteiger partial charge is 0.174 e.